The minimum Gasteiger partial charge on any atom is -0.338 e. The maximum absolute atomic E-state index is 4.47. The van der Waals surface area contributed by atoms with Crippen molar-refractivity contribution in [3.8, 4) is 0 Å². The maximum atomic E-state index is 4.47. The van der Waals surface area contributed by atoms with Crippen LogP contribution >= 0.6 is 0 Å². The van der Waals surface area contributed by atoms with Gasteiger partial charge in [-0.3, -0.25) is 0 Å². The Morgan fingerprint density at radius 2 is 1.85 bits per heavy atom. The predicted molar refractivity (Wildman–Crippen MR) is 109 cm³/mol. The Labute approximate surface area is 155 Å². The van der Waals surface area contributed by atoms with Crippen LogP contribution in [0.3, 0.4) is 0 Å². The summed E-state index contributed by atoms with van der Waals surface area (Å²) in [5, 5.41) is 16.1. The first-order valence-corrected chi connectivity index (χ1v) is 8.67. The van der Waals surface area contributed by atoms with Gasteiger partial charge in [-0.15, -0.1) is 10.2 Å². The number of hydrazone groups is 1. The summed E-state index contributed by atoms with van der Waals surface area (Å²) >= 11 is 0. The fourth-order valence-corrected chi connectivity index (χ4v) is 3.19. The summed E-state index contributed by atoms with van der Waals surface area (Å²) in [7, 11) is 0. The fraction of sp³-hybridized carbons (Fsp3) is 0.0476. The molecule has 0 spiro atoms. The molecule has 5 rings (SSSR count). The van der Waals surface area contributed by atoms with Crippen molar-refractivity contribution in [1.29, 1.82) is 0 Å². The van der Waals surface area contributed by atoms with E-state index in [0.29, 0.717) is 11.6 Å². The topological polar surface area (TPSA) is 78.9 Å². The molecule has 3 aromatic carbocycles. The highest BCUT2D eigenvalue weighted by Gasteiger charge is 2.08. The summed E-state index contributed by atoms with van der Waals surface area (Å²) in [6.45, 7) is 2.05. The second kappa shape index (κ2) is 6.17. The number of anilines is 1. The zero-order valence-electron chi connectivity index (χ0n) is 14.6. The lowest BCUT2D eigenvalue weighted by Crippen LogP contribution is -1.99. The van der Waals surface area contributed by atoms with Crippen molar-refractivity contribution < 1.29 is 0 Å². The third kappa shape index (κ3) is 2.87. The smallest absolute Gasteiger partial charge is 0.265 e. The zero-order chi connectivity index (χ0) is 18.2. The molecule has 0 radical (unpaired) electrons. The van der Waals surface area contributed by atoms with Crippen molar-refractivity contribution in [3.63, 3.8) is 0 Å². The Morgan fingerprint density at radius 1 is 0.963 bits per heavy atom. The van der Waals surface area contributed by atoms with Gasteiger partial charge >= 0.3 is 0 Å². The molecule has 27 heavy (non-hydrogen) atoms. The molecule has 0 aliphatic carbocycles. The summed E-state index contributed by atoms with van der Waals surface area (Å²) in [6, 6.07) is 20.6. The van der Waals surface area contributed by atoms with Crippen LogP contribution in [0.25, 0.3) is 32.8 Å². The molecule has 2 heterocycles. The maximum Gasteiger partial charge on any atom is 0.265 e. The van der Waals surface area contributed by atoms with E-state index < -0.39 is 0 Å². The molecular formula is C21H16N6. The number of fused-ring (bicyclic) bond motifs is 4. The quantitative estimate of drug-likeness (QED) is 0.372. The highest BCUT2D eigenvalue weighted by atomic mass is 15.4. The molecule has 6 heteroatoms. The second-order valence-corrected chi connectivity index (χ2v) is 6.48. The number of aryl methyl sites for hydroxylation is 1. The van der Waals surface area contributed by atoms with Crippen LogP contribution in [0, 0.1) is 6.92 Å². The van der Waals surface area contributed by atoms with Crippen LogP contribution in [0.2, 0.25) is 0 Å². The van der Waals surface area contributed by atoms with Crippen molar-refractivity contribution in [2.75, 3.05) is 5.43 Å². The standard InChI is InChI=1S/C21H16N6/c1-13-6-9-18-17(10-13)19-20(23-18)24-21(27-25-19)26-22-12-14-7-8-15-4-2-3-5-16(15)11-14/h2-12H,1H3,(H2,23,24,26,27)/b22-12+. The van der Waals surface area contributed by atoms with Gasteiger partial charge in [-0.1, -0.05) is 48.0 Å². The monoisotopic (exact) mass is 352 g/mol. The van der Waals surface area contributed by atoms with Crippen molar-refractivity contribution in [2.24, 2.45) is 5.10 Å². The number of H-pyrrole nitrogens is 1. The third-order valence-electron chi connectivity index (χ3n) is 4.52. The van der Waals surface area contributed by atoms with Gasteiger partial charge in [-0.05, 0) is 41.5 Å². The highest BCUT2D eigenvalue weighted by molar-refractivity contribution is 6.03. The third-order valence-corrected chi connectivity index (χ3v) is 4.52. The first-order valence-electron chi connectivity index (χ1n) is 8.67. The molecule has 2 aromatic heterocycles. The molecule has 6 nitrogen and oxygen atoms in total. The second-order valence-electron chi connectivity index (χ2n) is 6.48. The molecule has 0 aliphatic rings. The van der Waals surface area contributed by atoms with E-state index in [9.17, 15) is 0 Å². The number of hydrogen-bond acceptors (Lipinski definition) is 5. The summed E-state index contributed by atoms with van der Waals surface area (Å²) < 4.78 is 0. The lowest BCUT2D eigenvalue weighted by atomic mass is 10.1. The summed E-state index contributed by atoms with van der Waals surface area (Å²) in [6.07, 6.45) is 1.74. The molecule has 0 saturated heterocycles. The van der Waals surface area contributed by atoms with Gasteiger partial charge < -0.3 is 4.98 Å². The van der Waals surface area contributed by atoms with Gasteiger partial charge in [-0.2, -0.15) is 10.1 Å². The lowest BCUT2D eigenvalue weighted by molar-refractivity contribution is 1.01. The summed E-state index contributed by atoms with van der Waals surface area (Å²) in [4.78, 5) is 7.74. The van der Waals surface area contributed by atoms with Crippen molar-refractivity contribution in [1.82, 2.24) is 20.2 Å². The number of benzene rings is 3. The molecule has 0 bridgehead atoms. The lowest BCUT2D eigenvalue weighted by Gasteiger charge is -2.00. The minimum atomic E-state index is 0.350. The van der Waals surface area contributed by atoms with Crippen molar-refractivity contribution in [2.45, 2.75) is 6.92 Å². The molecule has 0 fully saturated rings. The Kier molecular flexibility index (Phi) is 3.53. The number of aromatic nitrogens is 4. The Hall–Kier alpha value is -3.80. The number of aromatic amines is 1. The molecule has 2 N–H and O–H groups in total. The molecule has 0 unspecified atom stereocenters. The van der Waals surface area contributed by atoms with Crippen LogP contribution < -0.4 is 5.43 Å². The van der Waals surface area contributed by atoms with Gasteiger partial charge in [0, 0.05) is 10.9 Å². The average molecular weight is 352 g/mol. The van der Waals surface area contributed by atoms with Crippen LogP contribution in [0.4, 0.5) is 5.95 Å². The van der Waals surface area contributed by atoms with Gasteiger partial charge in [0.15, 0.2) is 5.65 Å². The van der Waals surface area contributed by atoms with Gasteiger partial charge in [-0.25, -0.2) is 5.43 Å². The Balaban J connectivity index is 1.41. The summed E-state index contributed by atoms with van der Waals surface area (Å²) in [5.41, 5.74) is 7.47. The molecule has 130 valence electrons. The van der Waals surface area contributed by atoms with Crippen LogP contribution in [0.1, 0.15) is 11.1 Å². The Morgan fingerprint density at radius 3 is 2.78 bits per heavy atom. The molecule has 0 amide bonds. The number of hydrogen-bond donors (Lipinski definition) is 2. The van der Waals surface area contributed by atoms with E-state index in [1.165, 1.54) is 16.3 Å². The van der Waals surface area contributed by atoms with Gasteiger partial charge in [0.05, 0.1) is 6.21 Å². The van der Waals surface area contributed by atoms with Crippen molar-refractivity contribution in [3.05, 3.63) is 71.8 Å². The van der Waals surface area contributed by atoms with E-state index in [1.54, 1.807) is 6.21 Å². The number of nitrogens with one attached hydrogen (secondary N) is 2. The highest BCUT2D eigenvalue weighted by Crippen LogP contribution is 2.23. The van der Waals surface area contributed by atoms with Gasteiger partial charge in [0.25, 0.3) is 5.95 Å². The average Bonchev–Trinajstić information content (AvgIpc) is 3.05. The van der Waals surface area contributed by atoms with Crippen LogP contribution in [-0.2, 0) is 0 Å². The first-order chi connectivity index (χ1) is 13.3. The van der Waals surface area contributed by atoms with E-state index in [0.717, 1.165) is 22.0 Å². The van der Waals surface area contributed by atoms with E-state index in [2.05, 4.69) is 74.0 Å². The summed E-state index contributed by atoms with van der Waals surface area (Å²) in [5.74, 6) is 0.350. The van der Waals surface area contributed by atoms with Crippen LogP contribution in [0.5, 0.6) is 0 Å². The normalized spacial score (nSPS) is 11.7. The fourth-order valence-electron chi connectivity index (χ4n) is 3.19. The number of rotatable bonds is 3. The molecular weight excluding hydrogens is 336 g/mol. The molecule has 0 atom stereocenters. The molecule has 0 saturated carbocycles. The number of nitrogens with zero attached hydrogens (tertiary/aromatic N) is 4. The predicted octanol–water partition coefficient (Wildman–Crippen LogP) is 4.41. The first kappa shape index (κ1) is 15.5. The Bertz CT molecular complexity index is 1320. The van der Waals surface area contributed by atoms with E-state index >= 15 is 0 Å². The van der Waals surface area contributed by atoms with E-state index in [1.807, 2.05) is 24.3 Å². The van der Waals surface area contributed by atoms with E-state index in [-0.39, 0.29) is 0 Å². The van der Waals surface area contributed by atoms with Crippen LogP contribution in [0.15, 0.2) is 65.8 Å². The van der Waals surface area contributed by atoms with E-state index in [4.69, 9.17) is 0 Å². The molecule has 0 aliphatic heterocycles. The van der Waals surface area contributed by atoms with Gasteiger partial charge in [0.1, 0.15) is 5.52 Å². The SMILES string of the molecule is Cc1ccc2[nH]c3nc(N/N=C/c4ccc5ccccc5c4)nnc3c2c1. The molecule has 5 aromatic rings. The zero-order valence-corrected chi connectivity index (χ0v) is 14.6. The van der Waals surface area contributed by atoms with Crippen LogP contribution in [-0.4, -0.2) is 26.4 Å². The van der Waals surface area contributed by atoms with Crippen molar-refractivity contribution >= 4 is 45.0 Å². The largest absolute Gasteiger partial charge is 0.338 e. The minimum absolute atomic E-state index is 0.350. The van der Waals surface area contributed by atoms with Gasteiger partial charge in [0.2, 0.25) is 0 Å².